The van der Waals surface area contributed by atoms with Gasteiger partial charge in [-0.3, -0.25) is 4.79 Å². The van der Waals surface area contributed by atoms with Crippen LogP contribution in [-0.2, 0) is 4.79 Å². The number of benzene rings is 1. The van der Waals surface area contributed by atoms with Crippen LogP contribution in [0.2, 0.25) is 0 Å². The van der Waals surface area contributed by atoms with Crippen LogP contribution in [0.1, 0.15) is 30.9 Å². The molecule has 96 valence electrons. The predicted molar refractivity (Wildman–Crippen MR) is 75.3 cm³/mol. The van der Waals surface area contributed by atoms with E-state index in [0.717, 1.165) is 36.2 Å². The number of nitrogens with zero attached hydrogens (tertiary/aromatic N) is 1. The highest BCUT2D eigenvalue weighted by molar-refractivity contribution is 6.31. The number of rotatable bonds is 4. The first-order valence-corrected chi connectivity index (χ1v) is 6.46. The molecule has 0 aliphatic carbocycles. The van der Waals surface area contributed by atoms with Gasteiger partial charge in [0, 0.05) is 31.0 Å². The molecule has 0 fully saturated rings. The average molecular weight is 244 g/mol. The number of unbranched alkanes of at least 4 members (excludes halogenated alkanes) is 1. The first-order chi connectivity index (χ1) is 8.61. The Hall–Kier alpha value is -1.77. The maximum atomic E-state index is 11.9. The van der Waals surface area contributed by atoms with Crippen LogP contribution in [0, 0.1) is 6.92 Å². The maximum absolute atomic E-state index is 11.9. The van der Waals surface area contributed by atoms with Crippen molar-refractivity contribution in [3.63, 3.8) is 0 Å². The molecule has 1 amide bonds. The number of nitrogens with one attached hydrogen (secondary N) is 1. The Morgan fingerprint density at radius 1 is 1.39 bits per heavy atom. The van der Waals surface area contributed by atoms with Gasteiger partial charge >= 0.3 is 0 Å². The molecule has 18 heavy (non-hydrogen) atoms. The Morgan fingerprint density at radius 3 is 2.89 bits per heavy atom. The van der Waals surface area contributed by atoms with Gasteiger partial charge in [0.2, 0.25) is 0 Å². The zero-order valence-corrected chi connectivity index (χ0v) is 11.3. The van der Waals surface area contributed by atoms with Gasteiger partial charge in [-0.2, -0.15) is 0 Å². The molecule has 1 aromatic rings. The van der Waals surface area contributed by atoms with Gasteiger partial charge in [0.25, 0.3) is 5.91 Å². The van der Waals surface area contributed by atoms with Crippen molar-refractivity contribution >= 4 is 17.2 Å². The summed E-state index contributed by atoms with van der Waals surface area (Å²) in [5.41, 5.74) is 3.88. The summed E-state index contributed by atoms with van der Waals surface area (Å²) in [6.07, 6.45) is 4.26. The molecule has 1 aliphatic heterocycles. The summed E-state index contributed by atoms with van der Waals surface area (Å²) in [4.78, 5) is 14.0. The number of carbonyl (C=O) groups excluding carboxylic acids is 1. The third kappa shape index (κ3) is 2.55. The summed E-state index contributed by atoms with van der Waals surface area (Å²) in [7, 11) is 2.02. The molecule has 0 spiro atoms. The predicted octanol–water partition coefficient (Wildman–Crippen LogP) is 3.02. The SMILES string of the molecule is CCCCN(C)/C=C1/C(=O)Nc2ccc(C)cc21. The molecule has 1 aromatic carbocycles. The van der Waals surface area contributed by atoms with Gasteiger partial charge in [-0.15, -0.1) is 0 Å². The molecule has 3 heteroatoms. The second-order valence-electron chi connectivity index (χ2n) is 4.88. The number of hydrogen-bond acceptors (Lipinski definition) is 2. The fourth-order valence-corrected chi connectivity index (χ4v) is 2.12. The molecule has 0 saturated heterocycles. The minimum absolute atomic E-state index is 0.000974. The van der Waals surface area contributed by atoms with E-state index in [9.17, 15) is 4.79 Å². The van der Waals surface area contributed by atoms with Crippen molar-refractivity contribution in [3.05, 3.63) is 35.5 Å². The van der Waals surface area contributed by atoms with Gasteiger partial charge in [-0.05, 0) is 25.5 Å². The zero-order valence-electron chi connectivity index (χ0n) is 11.3. The second-order valence-corrected chi connectivity index (χ2v) is 4.88. The van der Waals surface area contributed by atoms with E-state index in [4.69, 9.17) is 0 Å². The van der Waals surface area contributed by atoms with Crippen LogP contribution in [0.3, 0.4) is 0 Å². The molecule has 2 rings (SSSR count). The van der Waals surface area contributed by atoms with Crippen molar-refractivity contribution in [2.75, 3.05) is 18.9 Å². The van der Waals surface area contributed by atoms with E-state index in [1.165, 1.54) is 5.56 Å². The van der Waals surface area contributed by atoms with Crippen LogP contribution >= 0.6 is 0 Å². The largest absolute Gasteiger partial charge is 0.380 e. The Kier molecular flexibility index (Phi) is 3.70. The Bertz CT molecular complexity index is 491. The lowest BCUT2D eigenvalue weighted by Crippen LogP contribution is -2.14. The van der Waals surface area contributed by atoms with E-state index < -0.39 is 0 Å². The maximum Gasteiger partial charge on any atom is 0.257 e. The smallest absolute Gasteiger partial charge is 0.257 e. The van der Waals surface area contributed by atoms with Gasteiger partial charge in [0.15, 0.2) is 0 Å². The minimum Gasteiger partial charge on any atom is -0.380 e. The van der Waals surface area contributed by atoms with Gasteiger partial charge in [-0.1, -0.05) is 25.0 Å². The zero-order chi connectivity index (χ0) is 13.1. The number of carbonyl (C=O) groups is 1. The quantitative estimate of drug-likeness (QED) is 0.826. The highest BCUT2D eigenvalue weighted by Crippen LogP contribution is 2.32. The summed E-state index contributed by atoms with van der Waals surface area (Å²) in [5.74, 6) is -0.000974. The minimum atomic E-state index is -0.000974. The topological polar surface area (TPSA) is 32.3 Å². The Morgan fingerprint density at radius 2 is 2.17 bits per heavy atom. The number of aryl methyl sites for hydroxylation is 1. The lowest BCUT2D eigenvalue weighted by Gasteiger charge is -2.14. The molecular formula is C15H20N2O. The van der Waals surface area contributed by atoms with Crippen LogP contribution in [0.5, 0.6) is 0 Å². The van der Waals surface area contributed by atoms with E-state index in [2.05, 4.69) is 23.2 Å². The van der Waals surface area contributed by atoms with Crippen molar-refractivity contribution in [2.24, 2.45) is 0 Å². The molecule has 0 radical (unpaired) electrons. The molecule has 0 saturated carbocycles. The van der Waals surface area contributed by atoms with E-state index in [0.29, 0.717) is 0 Å². The second kappa shape index (κ2) is 5.25. The fourth-order valence-electron chi connectivity index (χ4n) is 2.12. The summed E-state index contributed by atoms with van der Waals surface area (Å²) >= 11 is 0. The monoisotopic (exact) mass is 244 g/mol. The van der Waals surface area contributed by atoms with Gasteiger partial charge < -0.3 is 10.2 Å². The molecule has 0 unspecified atom stereocenters. The molecular weight excluding hydrogens is 224 g/mol. The fraction of sp³-hybridized carbons (Fsp3) is 0.400. The first kappa shape index (κ1) is 12.7. The van der Waals surface area contributed by atoms with Crippen LogP contribution in [0.4, 0.5) is 5.69 Å². The van der Waals surface area contributed by atoms with Gasteiger partial charge in [0.1, 0.15) is 0 Å². The third-order valence-corrected chi connectivity index (χ3v) is 3.17. The van der Waals surface area contributed by atoms with Crippen molar-refractivity contribution in [1.29, 1.82) is 0 Å². The molecule has 0 atom stereocenters. The van der Waals surface area contributed by atoms with Crippen molar-refractivity contribution in [1.82, 2.24) is 4.90 Å². The molecule has 1 heterocycles. The van der Waals surface area contributed by atoms with Crippen molar-refractivity contribution in [3.8, 4) is 0 Å². The normalized spacial score (nSPS) is 15.7. The molecule has 1 aliphatic rings. The standard InChI is InChI=1S/C15H20N2O/c1-4-5-8-17(3)10-13-12-9-11(2)6-7-14(12)16-15(13)18/h6-7,9-10H,4-5,8H2,1-3H3,(H,16,18)/b13-10+. The highest BCUT2D eigenvalue weighted by atomic mass is 16.2. The van der Waals surface area contributed by atoms with E-state index in [1.807, 2.05) is 32.3 Å². The lowest BCUT2D eigenvalue weighted by molar-refractivity contribution is -0.110. The third-order valence-electron chi connectivity index (χ3n) is 3.17. The summed E-state index contributed by atoms with van der Waals surface area (Å²) in [6.45, 7) is 5.19. The molecule has 0 aromatic heterocycles. The highest BCUT2D eigenvalue weighted by Gasteiger charge is 2.24. The lowest BCUT2D eigenvalue weighted by atomic mass is 10.1. The van der Waals surface area contributed by atoms with Crippen molar-refractivity contribution < 1.29 is 4.79 Å². The van der Waals surface area contributed by atoms with Gasteiger partial charge in [-0.25, -0.2) is 0 Å². The summed E-state index contributed by atoms with van der Waals surface area (Å²) < 4.78 is 0. The Balaban J connectivity index is 2.26. The van der Waals surface area contributed by atoms with Crippen LogP contribution < -0.4 is 5.32 Å². The average Bonchev–Trinajstić information content (AvgIpc) is 2.63. The van der Waals surface area contributed by atoms with Gasteiger partial charge in [0.05, 0.1) is 5.57 Å². The van der Waals surface area contributed by atoms with E-state index in [1.54, 1.807) is 0 Å². The number of fused-ring (bicyclic) bond motifs is 1. The van der Waals surface area contributed by atoms with Crippen LogP contribution in [0.15, 0.2) is 24.4 Å². The first-order valence-electron chi connectivity index (χ1n) is 6.46. The molecule has 0 bridgehead atoms. The molecule has 1 N–H and O–H groups in total. The van der Waals surface area contributed by atoms with Crippen molar-refractivity contribution in [2.45, 2.75) is 26.7 Å². The Labute approximate surface area is 108 Å². The number of hydrogen-bond donors (Lipinski definition) is 1. The number of anilines is 1. The molecule has 3 nitrogen and oxygen atoms in total. The summed E-state index contributed by atoms with van der Waals surface area (Å²) in [5, 5.41) is 2.90. The number of amides is 1. The summed E-state index contributed by atoms with van der Waals surface area (Å²) in [6, 6.07) is 6.05. The van der Waals surface area contributed by atoms with E-state index >= 15 is 0 Å². The van der Waals surface area contributed by atoms with E-state index in [-0.39, 0.29) is 5.91 Å². The van der Waals surface area contributed by atoms with Crippen LogP contribution in [0.25, 0.3) is 5.57 Å². The van der Waals surface area contributed by atoms with Crippen LogP contribution in [-0.4, -0.2) is 24.4 Å².